The molecule has 0 aliphatic heterocycles. The summed E-state index contributed by atoms with van der Waals surface area (Å²) in [5.74, 6) is 0. The minimum atomic E-state index is 0.326. The average Bonchev–Trinajstić information content (AvgIpc) is 2.48. The van der Waals surface area contributed by atoms with E-state index in [9.17, 15) is 0 Å². The van der Waals surface area contributed by atoms with Crippen LogP contribution in [0.25, 0.3) is 0 Å². The van der Waals surface area contributed by atoms with Gasteiger partial charge in [0.25, 0.3) is 0 Å². The van der Waals surface area contributed by atoms with E-state index < -0.39 is 0 Å². The predicted octanol–water partition coefficient (Wildman–Crippen LogP) is 3.26. The van der Waals surface area contributed by atoms with E-state index in [1.54, 1.807) is 0 Å². The second kappa shape index (κ2) is 8.98. The largest absolute Gasteiger partial charge is 0.372 e. The summed E-state index contributed by atoms with van der Waals surface area (Å²) < 4.78 is 0. The lowest BCUT2D eigenvalue weighted by Crippen LogP contribution is -2.31. The summed E-state index contributed by atoms with van der Waals surface area (Å²) >= 11 is 0. The van der Waals surface area contributed by atoms with Crippen molar-refractivity contribution < 1.29 is 0 Å². The topological polar surface area (TPSA) is 32.5 Å². The second-order valence-corrected chi connectivity index (χ2v) is 5.35. The van der Waals surface area contributed by atoms with Crippen molar-refractivity contribution >= 4 is 5.69 Å². The lowest BCUT2D eigenvalue weighted by atomic mass is 10.0. The van der Waals surface area contributed by atoms with Crippen molar-refractivity contribution in [1.29, 1.82) is 0 Å². The van der Waals surface area contributed by atoms with Crippen molar-refractivity contribution in [2.24, 2.45) is 5.73 Å². The Bertz CT molecular complexity index is 357. The van der Waals surface area contributed by atoms with Crippen LogP contribution in [0.4, 0.5) is 5.69 Å². The van der Waals surface area contributed by atoms with Crippen LogP contribution in [0.15, 0.2) is 24.3 Å². The summed E-state index contributed by atoms with van der Waals surface area (Å²) in [4.78, 5) is 4.73. The van der Waals surface area contributed by atoms with E-state index in [0.717, 1.165) is 19.6 Å². The fourth-order valence-corrected chi connectivity index (χ4v) is 2.63. The molecule has 0 amide bonds. The summed E-state index contributed by atoms with van der Waals surface area (Å²) in [6.45, 7) is 10.5. The maximum Gasteiger partial charge on any atom is 0.0467 e. The highest BCUT2D eigenvalue weighted by Crippen LogP contribution is 2.22. The Morgan fingerprint density at radius 3 is 2.10 bits per heavy atom. The molecule has 1 atom stereocenters. The molecule has 3 heteroatoms. The Morgan fingerprint density at radius 1 is 1.05 bits per heavy atom. The van der Waals surface area contributed by atoms with E-state index >= 15 is 0 Å². The standard InChI is InChI=1S/C17H31N3/c1-5-8-13-19(4)17(14-18)15-9-11-16(12-10-15)20(6-2)7-3/h9-12,17H,5-8,13-14,18H2,1-4H3. The van der Waals surface area contributed by atoms with Crippen LogP contribution < -0.4 is 10.6 Å². The Hall–Kier alpha value is -1.06. The van der Waals surface area contributed by atoms with Crippen LogP contribution in [-0.2, 0) is 0 Å². The van der Waals surface area contributed by atoms with Crippen LogP contribution in [0.5, 0.6) is 0 Å². The molecule has 20 heavy (non-hydrogen) atoms. The highest BCUT2D eigenvalue weighted by Gasteiger charge is 2.15. The average molecular weight is 277 g/mol. The van der Waals surface area contributed by atoms with Gasteiger partial charge in [-0.2, -0.15) is 0 Å². The van der Waals surface area contributed by atoms with E-state index in [4.69, 9.17) is 5.73 Å². The molecule has 0 saturated carbocycles. The molecule has 0 heterocycles. The van der Waals surface area contributed by atoms with Gasteiger partial charge in [-0.15, -0.1) is 0 Å². The number of hydrogen-bond donors (Lipinski definition) is 1. The summed E-state index contributed by atoms with van der Waals surface area (Å²) in [5, 5.41) is 0. The quantitative estimate of drug-likeness (QED) is 0.752. The molecule has 0 saturated heterocycles. The fourth-order valence-electron chi connectivity index (χ4n) is 2.63. The van der Waals surface area contributed by atoms with Gasteiger partial charge < -0.3 is 10.6 Å². The van der Waals surface area contributed by atoms with E-state index in [-0.39, 0.29) is 0 Å². The normalized spacial score (nSPS) is 12.7. The molecule has 0 aliphatic carbocycles. The van der Waals surface area contributed by atoms with E-state index in [2.05, 4.69) is 61.9 Å². The Morgan fingerprint density at radius 2 is 1.65 bits per heavy atom. The van der Waals surface area contributed by atoms with Crippen LogP contribution >= 0.6 is 0 Å². The molecule has 2 N–H and O–H groups in total. The summed E-state index contributed by atoms with van der Waals surface area (Å²) in [6, 6.07) is 9.23. The zero-order valence-corrected chi connectivity index (χ0v) is 13.6. The van der Waals surface area contributed by atoms with Gasteiger partial charge in [-0.25, -0.2) is 0 Å². The van der Waals surface area contributed by atoms with Crippen LogP contribution in [0.3, 0.4) is 0 Å². The highest BCUT2D eigenvalue weighted by atomic mass is 15.1. The van der Waals surface area contributed by atoms with E-state index in [1.807, 2.05) is 0 Å². The number of hydrogen-bond acceptors (Lipinski definition) is 3. The van der Waals surface area contributed by atoms with Gasteiger partial charge in [0.05, 0.1) is 0 Å². The van der Waals surface area contributed by atoms with Gasteiger partial charge in [0.15, 0.2) is 0 Å². The SMILES string of the molecule is CCCCN(C)C(CN)c1ccc(N(CC)CC)cc1. The van der Waals surface area contributed by atoms with Crippen LogP contribution in [0, 0.1) is 0 Å². The van der Waals surface area contributed by atoms with Crippen LogP contribution in [-0.4, -0.2) is 38.1 Å². The first-order chi connectivity index (χ1) is 9.67. The van der Waals surface area contributed by atoms with Crippen molar-refractivity contribution in [3.63, 3.8) is 0 Å². The second-order valence-electron chi connectivity index (χ2n) is 5.35. The lowest BCUT2D eigenvalue weighted by Gasteiger charge is -2.28. The number of nitrogens with zero attached hydrogens (tertiary/aromatic N) is 2. The van der Waals surface area contributed by atoms with Crippen molar-refractivity contribution in [3.8, 4) is 0 Å². The molecular weight excluding hydrogens is 246 g/mol. The zero-order chi connectivity index (χ0) is 15.0. The highest BCUT2D eigenvalue weighted by molar-refractivity contribution is 5.47. The maximum atomic E-state index is 5.98. The third kappa shape index (κ3) is 4.50. The third-order valence-corrected chi connectivity index (χ3v) is 4.03. The molecule has 0 spiro atoms. The molecule has 0 aliphatic rings. The van der Waals surface area contributed by atoms with Crippen molar-refractivity contribution in [3.05, 3.63) is 29.8 Å². The van der Waals surface area contributed by atoms with Gasteiger partial charge in [-0.3, -0.25) is 4.90 Å². The van der Waals surface area contributed by atoms with Crippen molar-refractivity contribution in [1.82, 2.24) is 4.90 Å². The molecule has 0 aromatic heterocycles. The van der Waals surface area contributed by atoms with Crippen LogP contribution in [0.2, 0.25) is 0 Å². The Labute approximate surface area is 124 Å². The summed E-state index contributed by atoms with van der Waals surface area (Å²) in [7, 11) is 2.17. The first kappa shape index (κ1) is 17.0. The van der Waals surface area contributed by atoms with Gasteiger partial charge in [0, 0.05) is 31.4 Å². The number of likely N-dealkylation sites (N-methyl/N-ethyl adjacent to an activating group) is 1. The molecule has 0 fully saturated rings. The number of benzene rings is 1. The first-order valence-corrected chi connectivity index (χ1v) is 7.93. The summed E-state index contributed by atoms with van der Waals surface area (Å²) in [5.41, 5.74) is 8.59. The summed E-state index contributed by atoms with van der Waals surface area (Å²) in [6.07, 6.45) is 2.45. The molecule has 114 valence electrons. The Balaban J connectivity index is 2.78. The predicted molar refractivity (Wildman–Crippen MR) is 89.3 cm³/mol. The molecule has 1 aromatic carbocycles. The number of nitrogens with two attached hydrogens (primary N) is 1. The molecular formula is C17H31N3. The minimum Gasteiger partial charge on any atom is -0.372 e. The number of unbranched alkanes of at least 4 members (excludes halogenated alkanes) is 1. The van der Waals surface area contributed by atoms with Gasteiger partial charge >= 0.3 is 0 Å². The van der Waals surface area contributed by atoms with Gasteiger partial charge in [0.2, 0.25) is 0 Å². The molecule has 1 unspecified atom stereocenters. The number of anilines is 1. The van der Waals surface area contributed by atoms with Crippen LogP contribution in [0.1, 0.15) is 45.2 Å². The maximum absolute atomic E-state index is 5.98. The van der Waals surface area contributed by atoms with E-state index in [1.165, 1.54) is 24.1 Å². The minimum absolute atomic E-state index is 0.326. The fraction of sp³-hybridized carbons (Fsp3) is 0.647. The van der Waals surface area contributed by atoms with Gasteiger partial charge in [-0.05, 0) is 51.6 Å². The monoisotopic (exact) mass is 277 g/mol. The Kier molecular flexibility index (Phi) is 7.63. The number of rotatable bonds is 9. The first-order valence-electron chi connectivity index (χ1n) is 7.93. The van der Waals surface area contributed by atoms with E-state index in [0.29, 0.717) is 12.6 Å². The van der Waals surface area contributed by atoms with Gasteiger partial charge in [0.1, 0.15) is 0 Å². The third-order valence-electron chi connectivity index (χ3n) is 4.03. The van der Waals surface area contributed by atoms with Gasteiger partial charge in [-0.1, -0.05) is 25.5 Å². The molecule has 3 nitrogen and oxygen atoms in total. The lowest BCUT2D eigenvalue weighted by molar-refractivity contribution is 0.246. The molecule has 1 rings (SSSR count). The van der Waals surface area contributed by atoms with Crippen molar-refractivity contribution in [2.45, 2.75) is 39.7 Å². The smallest absolute Gasteiger partial charge is 0.0467 e. The molecule has 0 radical (unpaired) electrons. The van der Waals surface area contributed by atoms with Crippen molar-refractivity contribution in [2.75, 3.05) is 38.1 Å². The molecule has 1 aromatic rings. The molecule has 0 bridgehead atoms. The zero-order valence-electron chi connectivity index (χ0n) is 13.6.